The average molecular weight is 339 g/mol. The lowest BCUT2D eigenvalue weighted by molar-refractivity contribution is 0.0955. The summed E-state index contributed by atoms with van der Waals surface area (Å²) < 4.78 is 5.65. The van der Waals surface area contributed by atoms with Crippen LogP contribution in [0.15, 0.2) is 53.6 Å². The Morgan fingerprint density at radius 1 is 1.08 bits per heavy atom. The van der Waals surface area contributed by atoms with E-state index in [0.29, 0.717) is 29.5 Å². The highest BCUT2D eigenvalue weighted by molar-refractivity contribution is 6.01. The summed E-state index contributed by atoms with van der Waals surface area (Å²) in [5, 5.41) is 4.14. The Hall–Kier alpha value is -2.82. The van der Waals surface area contributed by atoms with Gasteiger partial charge in [-0.2, -0.15) is 5.10 Å². The molecule has 0 saturated carbocycles. The molecule has 25 heavy (non-hydrogen) atoms. The van der Waals surface area contributed by atoms with Crippen LogP contribution in [0.1, 0.15) is 43.1 Å². The van der Waals surface area contributed by atoms with Gasteiger partial charge in [-0.25, -0.2) is 5.43 Å². The van der Waals surface area contributed by atoms with Gasteiger partial charge in [0.1, 0.15) is 5.75 Å². The minimum atomic E-state index is -0.261. The molecule has 0 atom stereocenters. The molecule has 0 bridgehead atoms. The Balaban J connectivity index is 1.91. The van der Waals surface area contributed by atoms with E-state index >= 15 is 0 Å². The maximum Gasteiger partial charge on any atom is 0.271 e. The van der Waals surface area contributed by atoms with Crippen LogP contribution in [0, 0.1) is 5.92 Å². The molecule has 0 radical (unpaired) electrons. The van der Waals surface area contributed by atoms with Crippen LogP contribution in [0.25, 0.3) is 0 Å². The predicted octanol–water partition coefficient (Wildman–Crippen LogP) is 3.85. The number of nitrogens with one attached hydrogen (secondary N) is 1. The molecule has 5 nitrogen and oxygen atoms in total. The number of nitrogen functional groups attached to an aromatic ring is 1. The van der Waals surface area contributed by atoms with Crippen molar-refractivity contribution in [3.8, 4) is 5.75 Å². The zero-order valence-corrected chi connectivity index (χ0v) is 15.0. The average Bonchev–Trinajstić information content (AvgIpc) is 2.60. The summed E-state index contributed by atoms with van der Waals surface area (Å²) in [7, 11) is 0. The van der Waals surface area contributed by atoms with Crippen molar-refractivity contribution < 1.29 is 9.53 Å². The first-order valence-corrected chi connectivity index (χ1v) is 8.39. The number of nitrogens with two attached hydrogens (primary N) is 1. The molecule has 3 N–H and O–H groups in total. The minimum Gasteiger partial charge on any atom is -0.494 e. The summed E-state index contributed by atoms with van der Waals surface area (Å²) in [6.07, 6.45) is 1.00. The molecule has 2 aromatic rings. The van der Waals surface area contributed by atoms with E-state index in [-0.39, 0.29) is 5.91 Å². The number of carbonyl (C=O) groups is 1. The van der Waals surface area contributed by atoms with Crippen LogP contribution in [0.5, 0.6) is 5.75 Å². The number of hydrazone groups is 1. The number of ether oxygens (including phenoxy) is 1. The normalized spacial score (nSPS) is 11.4. The topological polar surface area (TPSA) is 76.7 Å². The van der Waals surface area contributed by atoms with Crippen molar-refractivity contribution in [3.63, 3.8) is 0 Å². The first-order chi connectivity index (χ1) is 12.0. The number of carbonyl (C=O) groups excluding carboxylic acids is 1. The van der Waals surface area contributed by atoms with Gasteiger partial charge in [-0.15, -0.1) is 0 Å². The van der Waals surface area contributed by atoms with Gasteiger partial charge in [0.05, 0.1) is 12.3 Å². The van der Waals surface area contributed by atoms with Gasteiger partial charge in [0, 0.05) is 11.3 Å². The summed E-state index contributed by atoms with van der Waals surface area (Å²) >= 11 is 0. The van der Waals surface area contributed by atoms with E-state index in [1.54, 1.807) is 36.4 Å². The molecule has 0 aliphatic rings. The van der Waals surface area contributed by atoms with Crippen LogP contribution in [0.4, 0.5) is 5.69 Å². The highest BCUT2D eigenvalue weighted by atomic mass is 16.5. The van der Waals surface area contributed by atoms with Crippen molar-refractivity contribution in [2.45, 2.75) is 27.2 Å². The molecule has 0 aliphatic heterocycles. The van der Waals surface area contributed by atoms with Gasteiger partial charge in [-0.05, 0) is 61.2 Å². The Morgan fingerprint density at radius 3 is 2.28 bits per heavy atom. The number of hydrogen-bond donors (Lipinski definition) is 2. The van der Waals surface area contributed by atoms with Crippen molar-refractivity contribution in [2.75, 3.05) is 12.3 Å². The highest BCUT2D eigenvalue weighted by Gasteiger charge is 2.06. The van der Waals surface area contributed by atoms with Crippen LogP contribution in [0.2, 0.25) is 0 Å². The molecule has 0 heterocycles. The molecule has 2 rings (SSSR count). The van der Waals surface area contributed by atoms with Gasteiger partial charge in [0.15, 0.2) is 0 Å². The standard InChI is InChI=1S/C20H25N3O2/c1-14(2)12-13-25-19-10-6-17(7-11-19)20(24)23-22-15(3)16-4-8-18(21)9-5-16/h4-11,14H,12-13,21H2,1-3H3,(H,23,24)/b22-15+. The molecule has 0 unspecified atom stereocenters. The number of amides is 1. The first kappa shape index (κ1) is 18.5. The van der Waals surface area contributed by atoms with Crippen LogP contribution >= 0.6 is 0 Å². The van der Waals surface area contributed by atoms with E-state index in [9.17, 15) is 4.79 Å². The molecular formula is C20H25N3O2. The fourth-order valence-corrected chi connectivity index (χ4v) is 2.10. The molecule has 0 aliphatic carbocycles. The molecular weight excluding hydrogens is 314 g/mol. The smallest absolute Gasteiger partial charge is 0.271 e. The first-order valence-electron chi connectivity index (χ1n) is 8.39. The van der Waals surface area contributed by atoms with Crippen molar-refractivity contribution >= 4 is 17.3 Å². The van der Waals surface area contributed by atoms with Gasteiger partial charge >= 0.3 is 0 Å². The summed E-state index contributed by atoms with van der Waals surface area (Å²) in [6.45, 7) is 6.82. The summed E-state index contributed by atoms with van der Waals surface area (Å²) in [4.78, 5) is 12.2. The molecule has 5 heteroatoms. The maximum atomic E-state index is 12.2. The largest absolute Gasteiger partial charge is 0.494 e. The van der Waals surface area contributed by atoms with Gasteiger partial charge in [0.25, 0.3) is 5.91 Å². The molecule has 132 valence electrons. The SMILES string of the molecule is C/C(=N\NC(=O)c1ccc(OCCC(C)C)cc1)c1ccc(N)cc1. The van der Waals surface area contributed by atoms with E-state index < -0.39 is 0 Å². The molecule has 1 amide bonds. The van der Waals surface area contributed by atoms with Crippen LogP contribution in [-0.2, 0) is 0 Å². The fourth-order valence-electron chi connectivity index (χ4n) is 2.10. The predicted molar refractivity (Wildman–Crippen MR) is 102 cm³/mol. The zero-order chi connectivity index (χ0) is 18.2. The number of benzene rings is 2. The Morgan fingerprint density at radius 2 is 1.68 bits per heavy atom. The van der Waals surface area contributed by atoms with Crippen LogP contribution in [-0.4, -0.2) is 18.2 Å². The van der Waals surface area contributed by atoms with Gasteiger partial charge in [-0.3, -0.25) is 4.79 Å². The van der Waals surface area contributed by atoms with Crippen molar-refractivity contribution in [1.82, 2.24) is 5.43 Å². The maximum absolute atomic E-state index is 12.2. The molecule has 0 aromatic heterocycles. The van der Waals surface area contributed by atoms with Crippen molar-refractivity contribution in [3.05, 3.63) is 59.7 Å². The summed E-state index contributed by atoms with van der Waals surface area (Å²) in [6, 6.07) is 14.4. The minimum absolute atomic E-state index is 0.261. The molecule has 2 aromatic carbocycles. The second kappa shape index (κ2) is 8.87. The lowest BCUT2D eigenvalue weighted by Gasteiger charge is -2.08. The van der Waals surface area contributed by atoms with E-state index in [4.69, 9.17) is 10.5 Å². The fraction of sp³-hybridized carbons (Fsp3) is 0.300. The third-order valence-electron chi connectivity index (χ3n) is 3.73. The van der Waals surface area contributed by atoms with E-state index in [0.717, 1.165) is 17.7 Å². The number of hydrogen-bond acceptors (Lipinski definition) is 4. The van der Waals surface area contributed by atoms with Gasteiger partial charge in [-0.1, -0.05) is 26.0 Å². The van der Waals surface area contributed by atoms with Crippen LogP contribution in [0.3, 0.4) is 0 Å². The van der Waals surface area contributed by atoms with Crippen molar-refractivity contribution in [2.24, 2.45) is 11.0 Å². The van der Waals surface area contributed by atoms with E-state index in [2.05, 4.69) is 24.4 Å². The Bertz CT molecular complexity index is 720. The van der Waals surface area contributed by atoms with Crippen molar-refractivity contribution in [1.29, 1.82) is 0 Å². The third kappa shape index (κ3) is 5.95. The number of nitrogens with zero attached hydrogens (tertiary/aromatic N) is 1. The zero-order valence-electron chi connectivity index (χ0n) is 15.0. The Labute approximate surface area is 148 Å². The molecule has 0 fully saturated rings. The lowest BCUT2D eigenvalue weighted by atomic mass is 10.1. The van der Waals surface area contributed by atoms with E-state index in [1.807, 2.05) is 19.1 Å². The third-order valence-corrected chi connectivity index (χ3v) is 3.73. The summed E-state index contributed by atoms with van der Waals surface area (Å²) in [5.41, 5.74) is 11.1. The quantitative estimate of drug-likeness (QED) is 0.457. The Kier molecular flexibility index (Phi) is 6.57. The lowest BCUT2D eigenvalue weighted by Crippen LogP contribution is -2.19. The highest BCUT2D eigenvalue weighted by Crippen LogP contribution is 2.13. The summed E-state index contributed by atoms with van der Waals surface area (Å²) in [5.74, 6) is 1.11. The number of anilines is 1. The molecule has 0 saturated heterocycles. The molecule has 0 spiro atoms. The second-order valence-corrected chi connectivity index (χ2v) is 6.32. The van der Waals surface area contributed by atoms with Gasteiger partial charge in [0.2, 0.25) is 0 Å². The monoisotopic (exact) mass is 339 g/mol. The second-order valence-electron chi connectivity index (χ2n) is 6.32. The van der Waals surface area contributed by atoms with Crippen LogP contribution < -0.4 is 15.9 Å². The number of rotatable bonds is 7. The van der Waals surface area contributed by atoms with Gasteiger partial charge < -0.3 is 10.5 Å². The van der Waals surface area contributed by atoms with E-state index in [1.165, 1.54) is 0 Å².